The monoisotopic (exact) mass is 207 g/mol. The van der Waals surface area contributed by atoms with E-state index >= 15 is 0 Å². The van der Waals surface area contributed by atoms with E-state index in [1.807, 2.05) is 24.0 Å². The van der Waals surface area contributed by atoms with Gasteiger partial charge in [0.25, 0.3) is 0 Å². The molecular weight excluding hydrogens is 186 g/mol. The fraction of sp³-hybridized carbons (Fsp3) is 0.750. The molecule has 1 saturated carbocycles. The maximum Gasteiger partial charge on any atom is 0.0550 e. The molecule has 1 aliphatic rings. The molecule has 1 fully saturated rings. The summed E-state index contributed by atoms with van der Waals surface area (Å²) >= 11 is 0. The molecule has 0 bridgehead atoms. The third-order valence-corrected chi connectivity index (χ3v) is 3.69. The van der Waals surface area contributed by atoms with Gasteiger partial charge in [0.1, 0.15) is 0 Å². The van der Waals surface area contributed by atoms with Crippen LogP contribution in [-0.2, 0) is 7.05 Å². The van der Waals surface area contributed by atoms with E-state index in [9.17, 15) is 0 Å². The summed E-state index contributed by atoms with van der Waals surface area (Å²) in [4.78, 5) is 0. The maximum atomic E-state index is 6.32. The van der Waals surface area contributed by atoms with Gasteiger partial charge < -0.3 is 5.73 Å². The lowest BCUT2D eigenvalue weighted by Crippen LogP contribution is -2.27. The standard InChI is InChI=1S/C12H21N3/c1-9-4-3-5-10(8-9)12(13)11-6-7-14-15(11)2/h6-7,9-10,12H,3-5,8,13H2,1-2H3. The number of hydrogen-bond acceptors (Lipinski definition) is 2. The Bertz CT molecular complexity index is 318. The largest absolute Gasteiger partial charge is 0.322 e. The summed E-state index contributed by atoms with van der Waals surface area (Å²) < 4.78 is 1.91. The molecule has 0 saturated heterocycles. The fourth-order valence-electron chi connectivity index (χ4n) is 2.76. The average Bonchev–Trinajstić information content (AvgIpc) is 2.63. The summed E-state index contributed by atoms with van der Waals surface area (Å²) in [6, 6.07) is 2.21. The van der Waals surface area contributed by atoms with Crippen LogP contribution in [0.3, 0.4) is 0 Å². The average molecular weight is 207 g/mol. The Morgan fingerprint density at radius 2 is 2.33 bits per heavy atom. The minimum Gasteiger partial charge on any atom is -0.322 e. The minimum atomic E-state index is 0.167. The molecule has 0 amide bonds. The van der Waals surface area contributed by atoms with E-state index in [1.165, 1.54) is 31.4 Å². The summed E-state index contributed by atoms with van der Waals surface area (Å²) in [7, 11) is 1.97. The van der Waals surface area contributed by atoms with Gasteiger partial charge in [0.2, 0.25) is 0 Å². The molecule has 3 unspecified atom stereocenters. The summed E-state index contributed by atoms with van der Waals surface area (Å²) in [5.74, 6) is 1.48. The van der Waals surface area contributed by atoms with Gasteiger partial charge in [-0.25, -0.2) is 0 Å². The van der Waals surface area contributed by atoms with Gasteiger partial charge in [0.15, 0.2) is 0 Å². The highest BCUT2D eigenvalue weighted by atomic mass is 15.3. The lowest BCUT2D eigenvalue weighted by molar-refractivity contribution is 0.243. The molecule has 1 aromatic heterocycles. The fourth-order valence-corrected chi connectivity index (χ4v) is 2.76. The number of aryl methyl sites for hydroxylation is 1. The van der Waals surface area contributed by atoms with Crippen LogP contribution < -0.4 is 5.73 Å². The SMILES string of the molecule is CC1CCCC(C(N)c2ccnn2C)C1. The number of nitrogens with zero attached hydrogens (tertiary/aromatic N) is 2. The van der Waals surface area contributed by atoms with Gasteiger partial charge in [0.05, 0.1) is 5.69 Å². The quantitative estimate of drug-likeness (QED) is 0.808. The van der Waals surface area contributed by atoms with Crippen LogP contribution >= 0.6 is 0 Å². The molecular formula is C12H21N3. The highest BCUT2D eigenvalue weighted by molar-refractivity contribution is 5.07. The van der Waals surface area contributed by atoms with Crippen LogP contribution in [0.25, 0.3) is 0 Å². The molecule has 0 aliphatic heterocycles. The van der Waals surface area contributed by atoms with Gasteiger partial charge in [-0.1, -0.05) is 19.8 Å². The van der Waals surface area contributed by atoms with Crippen molar-refractivity contribution in [2.45, 2.75) is 38.6 Å². The molecule has 2 rings (SSSR count). The summed E-state index contributed by atoms with van der Waals surface area (Å²) in [5, 5.41) is 4.19. The zero-order valence-corrected chi connectivity index (χ0v) is 9.69. The van der Waals surface area contributed by atoms with Crippen LogP contribution in [-0.4, -0.2) is 9.78 Å². The van der Waals surface area contributed by atoms with Gasteiger partial charge >= 0.3 is 0 Å². The molecule has 3 nitrogen and oxygen atoms in total. The van der Waals surface area contributed by atoms with Crippen LogP contribution in [0.1, 0.15) is 44.3 Å². The second-order valence-corrected chi connectivity index (χ2v) is 4.94. The van der Waals surface area contributed by atoms with Crippen molar-refractivity contribution in [3.8, 4) is 0 Å². The molecule has 3 heteroatoms. The molecule has 0 spiro atoms. The van der Waals surface area contributed by atoms with Crippen LogP contribution in [0.15, 0.2) is 12.3 Å². The number of nitrogens with two attached hydrogens (primary N) is 1. The highest BCUT2D eigenvalue weighted by Crippen LogP contribution is 2.35. The van der Waals surface area contributed by atoms with E-state index in [1.54, 1.807) is 0 Å². The predicted octanol–water partition coefficient (Wildman–Crippen LogP) is 2.25. The molecule has 1 aliphatic carbocycles. The summed E-state index contributed by atoms with van der Waals surface area (Å²) in [6.07, 6.45) is 7.08. The zero-order chi connectivity index (χ0) is 10.8. The Balaban J connectivity index is 2.07. The maximum absolute atomic E-state index is 6.32. The van der Waals surface area contributed by atoms with Gasteiger partial charge in [-0.3, -0.25) is 4.68 Å². The van der Waals surface area contributed by atoms with E-state index in [-0.39, 0.29) is 6.04 Å². The van der Waals surface area contributed by atoms with Crippen LogP contribution in [0.2, 0.25) is 0 Å². The molecule has 1 aromatic rings. The van der Waals surface area contributed by atoms with Crippen molar-refractivity contribution in [1.82, 2.24) is 9.78 Å². The Hall–Kier alpha value is -0.830. The van der Waals surface area contributed by atoms with Gasteiger partial charge in [-0.05, 0) is 30.7 Å². The number of hydrogen-bond donors (Lipinski definition) is 1. The molecule has 15 heavy (non-hydrogen) atoms. The molecule has 0 radical (unpaired) electrons. The molecule has 0 aromatic carbocycles. The van der Waals surface area contributed by atoms with Gasteiger partial charge in [0, 0.05) is 19.3 Å². The lowest BCUT2D eigenvalue weighted by atomic mass is 9.78. The first-order valence-corrected chi connectivity index (χ1v) is 5.92. The zero-order valence-electron chi connectivity index (χ0n) is 9.69. The first-order valence-electron chi connectivity index (χ1n) is 5.92. The van der Waals surface area contributed by atoms with Crippen molar-refractivity contribution >= 4 is 0 Å². The molecule has 1 heterocycles. The summed E-state index contributed by atoms with van der Waals surface area (Å²) in [6.45, 7) is 2.34. The van der Waals surface area contributed by atoms with E-state index < -0.39 is 0 Å². The van der Waals surface area contributed by atoms with Gasteiger partial charge in [-0.2, -0.15) is 5.10 Å². The predicted molar refractivity (Wildman–Crippen MR) is 61.3 cm³/mol. The molecule has 2 N–H and O–H groups in total. The number of aromatic nitrogens is 2. The van der Waals surface area contributed by atoms with Crippen LogP contribution in [0.5, 0.6) is 0 Å². The molecule has 3 atom stereocenters. The Labute approximate surface area is 91.7 Å². The van der Waals surface area contributed by atoms with Crippen LogP contribution in [0, 0.1) is 11.8 Å². The smallest absolute Gasteiger partial charge is 0.0550 e. The van der Waals surface area contributed by atoms with Crippen LogP contribution in [0.4, 0.5) is 0 Å². The highest BCUT2D eigenvalue weighted by Gasteiger charge is 2.26. The van der Waals surface area contributed by atoms with Crippen molar-refractivity contribution in [2.75, 3.05) is 0 Å². The van der Waals surface area contributed by atoms with Gasteiger partial charge in [-0.15, -0.1) is 0 Å². The normalized spacial score (nSPS) is 29.0. The van der Waals surface area contributed by atoms with Crippen molar-refractivity contribution in [3.05, 3.63) is 18.0 Å². The first-order chi connectivity index (χ1) is 7.18. The van der Waals surface area contributed by atoms with Crippen molar-refractivity contribution in [3.63, 3.8) is 0 Å². The van der Waals surface area contributed by atoms with Crippen molar-refractivity contribution in [1.29, 1.82) is 0 Å². The third kappa shape index (κ3) is 2.23. The third-order valence-electron chi connectivity index (χ3n) is 3.69. The number of rotatable bonds is 2. The van der Waals surface area contributed by atoms with E-state index in [0.717, 1.165) is 5.92 Å². The Morgan fingerprint density at radius 3 is 2.93 bits per heavy atom. The Kier molecular flexibility index (Phi) is 3.10. The minimum absolute atomic E-state index is 0.167. The van der Waals surface area contributed by atoms with E-state index in [4.69, 9.17) is 5.73 Å². The lowest BCUT2D eigenvalue weighted by Gasteiger charge is -2.31. The van der Waals surface area contributed by atoms with Crippen molar-refractivity contribution in [2.24, 2.45) is 24.6 Å². The topological polar surface area (TPSA) is 43.8 Å². The molecule has 84 valence electrons. The Morgan fingerprint density at radius 1 is 1.53 bits per heavy atom. The second kappa shape index (κ2) is 4.35. The van der Waals surface area contributed by atoms with E-state index in [2.05, 4.69) is 12.0 Å². The second-order valence-electron chi connectivity index (χ2n) is 4.94. The van der Waals surface area contributed by atoms with E-state index in [0.29, 0.717) is 5.92 Å². The van der Waals surface area contributed by atoms with Crippen molar-refractivity contribution < 1.29 is 0 Å². The summed E-state index contributed by atoms with van der Waals surface area (Å²) in [5.41, 5.74) is 7.49. The first kappa shape index (κ1) is 10.7.